The Morgan fingerprint density at radius 1 is 1.09 bits per heavy atom. The molecule has 0 aliphatic carbocycles. The fourth-order valence-electron chi connectivity index (χ4n) is 4.32. The van der Waals surface area contributed by atoms with E-state index in [1.165, 1.54) is 19.1 Å². The van der Waals surface area contributed by atoms with E-state index >= 15 is 0 Å². The van der Waals surface area contributed by atoms with Crippen molar-refractivity contribution in [2.45, 2.75) is 71.1 Å². The minimum Gasteiger partial charge on any atom is -0.478 e. The average Bonchev–Trinajstić information content (AvgIpc) is 2.94. The third-order valence-corrected chi connectivity index (χ3v) is 6.62. The SMILES string of the molecule is C\C=C/C(=C\C=C\C(F)(F)F)NC(=O)N(CCc1ccccc1F)C(=N)CCCc1ccc(OC(C)(CCC)C(=O)O)cc1. The van der Waals surface area contributed by atoms with Crippen molar-refractivity contribution in [3.63, 3.8) is 0 Å². The molecule has 0 spiro atoms. The summed E-state index contributed by atoms with van der Waals surface area (Å²) in [4.78, 5) is 26.0. The zero-order valence-electron chi connectivity index (χ0n) is 25.1. The number of benzene rings is 2. The average molecular weight is 618 g/mol. The summed E-state index contributed by atoms with van der Waals surface area (Å²) in [5.74, 6) is -1.11. The minimum atomic E-state index is -4.52. The highest BCUT2D eigenvalue weighted by Crippen LogP contribution is 2.24. The molecule has 3 N–H and O–H groups in total. The number of amidine groups is 1. The number of amides is 2. The summed E-state index contributed by atoms with van der Waals surface area (Å²) in [5, 5.41) is 20.7. The van der Waals surface area contributed by atoms with E-state index in [9.17, 15) is 32.3 Å². The molecule has 2 amide bonds. The monoisotopic (exact) mass is 617 g/mol. The van der Waals surface area contributed by atoms with Gasteiger partial charge in [0.15, 0.2) is 0 Å². The number of carbonyl (C=O) groups is 2. The predicted molar refractivity (Wildman–Crippen MR) is 162 cm³/mol. The Bertz CT molecular complexity index is 1350. The van der Waals surface area contributed by atoms with Crippen molar-refractivity contribution in [1.29, 1.82) is 5.41 Å². The van der Waals surface area contributed by atoms with Crippen molar-refractivity contribution in [2.75, 3.05) is 6.54 Å². The van der Waals surface area contributed by atoms with E-state index in [2.05, 4.69) is 5.32 Å². The first-order valence-electron chi connectivity index (χ1n) is 14.3. The lowest BCUT2D eigenvalue weighted by atomic mass is 10.0. The van der Waals surface area contributed by atoms with Gasteiger partial charge in [0.1, 0.15) is 17.4 Å². The molecule has 0 aliphatic heterocycles. The molecule has 7 nitrogen and oxygen atoms in total. The van der Waals surface area contributed by atoms with Gasteiger partial charge in [-0.05, 0) is 81.0 Å². The first-order chi connectivity index (χ1) is 20.8. The molecule has 0 aliphatic rings. The molecule has 0 aromatic heterocycles. The number of aryl methyl sites for hydroxylation is 1. The number of hydrogen-bond donors (Lipinski definition) is 3. The summed E-state index contributed by atoms with van der Waals surface area (Å²) in [5.41, 5.74) is 0.0154. The first-order valence-corrected chi connectivity index (χ1v) is 14.3. The molecule has 11 heteroatoms. The molecule has 2 aromatic carbocycles. The number of alkyl halides is 3. The van der Waals surface area contributed by atoms with E-state index in [0.29, 0.717) is 37.0 Å². The van der Waals surface area contributed by atoms with Crippen molar-refractivity contribution in [2.24, 2.45) is 0 Å². The second-order valence-corrected chi connectivity index (χ2v) is 10.3. The number of carboxylic acid groups (broad SMARTS) is 1. The lowest BCUT2D eigenvalue weighted by Gasteiger charge is -2.26. The number of rotatable bonds is 15. The van der Waals surface area contributed by atoms with Gasteiger partial charge in [0, 0.05) is 24.7 Å². The summed E-state index contributed by atoms with van der Waals surface area (Å²) < 4.78 is 57.6. The summed E-state index contributed by atoms with van der Waals surface area (Å²) in [7, 11) is 0. The molecule has 1 unspecified atom stereocenters. The Kier molecular flexibility index (Phi) is 13.8. The van der Waals surface area contributed by atoms with Gasteiger partial charge >= 0.3 is 18.2 Å². The molecular weight excluding hydrogens is 578 g/mol. The van der Waals surface area contributed by atoms with E-state index in [1.807, 2.05) is 6.92 Å². The van der Waals surface area contributed by atoms with Gasteiger partial charge in [-0.15, -0.1) is 0 Å². The molecule has 0 fully saturated rings. The van der Waals surface area contributed by atoms with E-state index in [-0.39, 0.29) is 37.0 Å². The maximum absolute atomic E-state index is 14.2. The van der Waals surface area contributed by atoms with Crippen LogP contribution in [-0.4, -0.2) is 46.2 Å². The number of nitrogens with one attached hydrogen (secondary N) is 2. The number of carboxylic acids is 1. The second kappa shape index (κ2) is 17.0. The van der Waals surface area contributed by atoms with Gasteiger partial charge < -0.3 is 15.2 Å². The lowest BCUT2D eigenvalue weighted by molar-refractivity contribution is -0.154. The van der Waals surface area contributed by atoms with E-state index in [4.69, 9.17) is 10.1 Å². The molecule has 0 radical (unpaired) electrons. The van der Waals surface area contributed by atoms with Crippen LogP contribution in [0.15, 0.2) is 84.6 Å². The number of hydrogen-bond acceptors (Lipinski definition) is 4. The minimum absolute atomic E-state index is 0.0285. The fourth-order valence-corrected chi connectivity index (χ4v) is 4.32. The summed E-state index contributed by atoms with van der Waals surface area (Å²) in [6, 6.07) is 12.3. The predicted octanol–water partition coefficient (Wildman–Crippen LogP) is 7.98. The first kappa shape index (κ1) is 35.8. The summed E-state index contributed by atoms with van der Waals surface area (Å²) in [6.45, 7) is 5.02. The molecular formula is C33H39F4N3O4. The van der Waals surface area contributed by atoms with Crippen LogP contribution in [0.25, 0.3) is 0 Å². The number of allylic oxidation sites excluding steroid dienone is 5. The maximum Gasteiger partial charge on any atom is 0.409 e. The highest BCUT2D eigenvalue weighted by atomic mass is 19.4. The van der Waals surface area contributed by atoms with Crippen molar-refractivity contribution in [3.8, 4) is 5.75 Å². The Morgan fingerprint density at radius 3 is 2.36 bits per heavy atom. The van der Waals surface area contributed by atoms with Gasteiger partial charge in [-0.25, -0.2) is 14.0 Å². The van der Waals surface area contributed by atoms with Crippen LogP contribution in [-0.2, 0) is 17.6 Å². The second-order valence-electron chi connectivity index (χ2n) is 10.3. The number of nitrogens with zero attached hydrogens (tertiary/aromatic N) is 1. The Labute approximate surface area is 255 Å². The Morgan fingerprint density at radius 2 is 1.77 bits per heavy atom. The summed E-state index contributed by atoms with van der Waals surface area (Å²) in [6.07, 6.45) is 2.68. The van der Waals surface area contributed by atoms with Gasteiger partial charge in [0.2, 0.25) is 5.60 Å². The van der Waals surface area contributed by atoms with Crippen molar-refractivity contribution >= 4 is 17.8 Å². The van der Waals surface area contributed by atoms with Crippen LogP contribution in [0.4, 0.5) is 22.4 Å². The van der Waals surface area contributed by atoms with Crippen LogP contribution in [0, 0.1) is 11.2 Å². The third kappa shape index (κ3) is 12.1. The topological polar surface area (TPSA) is 103 Å². The standard InChI is InChI=1S/C33H39F4N3O4/c1-4-10-26(13-9-22-33(35,36)37)39-31(43)40(23-20-25-12-6-7-14-28(25)34)29(38)15-8-11-24-16-18-27(19-17-24)44-32(3,21-5-2)30(41)42/h4,6-7,9-10,12-14,16-19,22,38H,5,8,11,15,20-21,23H2,1-3H3,(H,39,43)(H,41,42)/b10-4-,22-9+,26-13+,38-29?. The number of urea groups is 1. The van der Waals surface area contributed by atoms with E-state index < -0.39 is 29.6 Å². The smallest absolute Gasteiger partial charge is 0.409 e. The number of ether oxygens (including phenoxy) is 1. The molecule has 0 bridgehead atoms. The molecule has 2 aromatic rings. The largest absolute Gasteiger partial charge is 0.478 e. The van der Waals surface area contributed by atoms with Crippen molar-refractivity contribution < 1.29 is 37.0 Å². The van der Waals surface area contributed by atoms with Gasteiger partial charge in [0.05, 0.1) is 0 Å². The zero-order valence-corrected chi connectivity index (χ0v) is 25.1. The van der Waals surface area contributed by atoms with Gasteiger partial charge in [-0.1, -0.05) is 55.8 Å². The molecule has 44 heavy (non-hydrogen) atoms. The molecule has 0 heterocycles. The lowest BCUT2D eigenvalue weighted by Crippen LogP contribution is -2.44. The van der Waals surface area contributed by atoms with Gasteiger partial charge in [0.25, 0.3) is 0 Å². The number of halogens is 4. The Balaban J connectivity index is 2.12. The van der Waals surface area contributed by atoms with Crippen molar-refractivity contribution in [1.82, 2.24) is 10.2 Å². The Hall–Kier alpha value is -4.41. The van der Waals surface area contributed by atoms with Gasteiger partial charge in [-0.2, -0.15) is 13.2 Å². The maximum atomic E-state index is 14.2. The third-order valence-electron chi connectivity index (χ3n) is 6.62. The molecule has 1 atom stereocenters. The van der Waals surface area contributed by atoms with E-state index in [0.717, 1.165) is 22.6 Å². The fraction of sp³-hybridized carbons (Fsp3) is 0.364. The quantitative estimate of drug-likeness (QED) is 0.0816. The molecule has 238 valence electrons. The normalized spacial score (nSPS) is 13.6. The highest BCUT2D eigenvalue weighted by Gasteiger charge is 2.34. The zero-order chi connectivity index (χ0) is 32.8. The van der Waals surface area contributed by atoms with Crippen molar-refractivity contribution in [3.05, 3.63) is 102 Å². The van der Waals surface area contributed by atoms with Crippen LogP contribution in [0.3, 0.4) is 0 Å². The highest BCUT2D eigenvalue weighted by molar-refractivity contribution is 5.96. The molecule has 0 saturated heterocycles. The van der Waals surface area contributed by atoms with Crippen LogP contribution in [0.2, 0.25) is 0 Å². The molecule has 2 rings (SSSR count). The summed E-state index contributed by atoms with van der Waals surface area (Å²) >= 11 is 0. The van der Waals surface area contributed by atoms with Crippen LogP contribution >= 0.6 is 0 Å². The number of carbonyl (C=O) groups excluding carboxylic acids is 1. The van der Waals surface area contributed by atoms with E-state index in [1.54, 1.807) is 55.5 Å². The van der Waals surface area contributed by atoms with Crippen LogP contribution in [0.5, 0.6) is 5.75 Å². The van der Waals surface area contributed by atoms with Crippen LogP contribution < -0.4 is 10.1 Å². The van der Waals surface area contributed by atoms with Gasteiger partial charge in [-0.3, -0.25) is 10.3 Å². The number of aliphatic carboxylic acids is 1. The van der Waals surface area contributed by atoms with Crippen LogP contribution in [0.1, 0.15) is 57.6 Å². The molecule has 0 saturated carbocycles.